The van der Waals surface area contributed by atoms with Gasteiger partial charge >= 0.3 is 93.8 Å². The molecule has 2 heterocycles. The Morgan fingerprint density at radius 2 is 1.64 bits per heavy atom. The van der Waals surface area contributed by atoms with Gasteiger partial charge in [0.15, 0.2) is 0 Å². The molecule has 0 aliphatic rings. The topological polar surface area (TPSA) is 37.3 Å². The van der Waals surface area contributed by atoms with Crippen molar-refractivity contribution in [3.63, 3.8) is 0 Å². The summed E-state index contributed by atoms with van der Waals surface area (Å²) < 4.78 is 2.14. The monoisotopic (exact) mass is 320 g/mol. The second-order valence-corrected chi connectivity index (χ2v) is 6.91. The molecular formula is C10H8O2Se2. The summed E-state index contributed by atoms with van der Waals surface area (Å²) in [5.41, 5.74) is 0. The fourth-order valence-electron chi connectivity index (χ4n) is 1.29. The van der Waals surface area contributed by atoms with Crippen LogP contribution in [0.4, 0.5) is 0 Å². The molecule has 0 aliphatic carbocycles. The van der Waals surface area contributed by atoms with Gasteiger partial charge in [0.2, 0.25) is 0 Å². The molecule has 2 rings (SSSR count). The van der Waals surface area contributed by atoms with Gasteiger partial charge in [0.05, 0.1) is 0 Å². The molecule has 0 radical (unpaired) electrons. The molecule has 72 valence electrons. The molecular weight excluding hydrogens is 310 g/mol. The minimum atomic E-state index is -0.710. The van der Waals surface area contributed by atoms with Gasteiger partial charge in [-0.1, -0.05) is 0 Å². The van der Waals surface area contributed by atoms with Gasteiger partial charge in [0.1, 0.15) is 0 Å². The van der Waals surface area contributed by atoms with Crippen molar-refractivity contribution in [3.05, 3.63) is 43.0 Å². The van der Waals surface area contributed by atoms with Crippen LogP contribution < -0.4 is 0 Å². The minimum absolute atomic E-state index is 0.239. The summed E-state index contributed by atoms with van der Waals surface area (Å²) in [4.78, 5) is 15.3. The van der Waals surface area contributed by atoms with Crippen LogP contribution in [0, 0.1) is 0 Å². The zero-order chi connectivity index (χ0) is 9.97. The van der Waals surface area contributed by atoms with Crippen LogP contribution in [0.1, 0.15) is 14.8 Å². The van der Waals surface area contributed by atoms with Gasteiger partial charge in [-0.05, 0) is 0 Å². The summed E-state index contributed by atoms with van der Waals surface area (Å²) in [7, 11) is 0. The quantitative estimate of drug-likeness (QED) is 0.858. The Hall–Kier alpha value is -0.531. The molecule has 0 amide bonds. The molecule has 14 heavy (non-hydrogen) atoms. The number of hydrogen-bond acceptors (Lipinski definition) is 1. The standard InChI is InChI=1S/C10H8O2Se2/c11-10(12)9(7-3-1-5-13-7)8-4-2-6-14-8/h1-6,9H,(H,11,12). The van der Waals surface area contributed by atoms with Gasteiger partial charge in [-0.2, -0.15) is 0 Å². The molecule has 0 bridgehead atoms. The van der Waals surface area contributed by atoms with Gasteiger partial charge in [-0.25, -0.2) is 0 Å². The maximum absolute atomic E-state index is 11.2. The first-order valence-corrected chi connectivity index (χ1v) is 7.78. The van der Waals surface area contributed by atoms with Gasteiger partial charge in [-0.3, -0.25) is 0 Å². The molecule has 2 nitrogen and oxygen atoms in total. The Balaban J connectivity index is 2.40. The first-order valence-electron chi connectivity index (χ1n) is 4.08. The third-order valence-corrected chi connectivity index (χ3v) is 5.83. The van der Waals surface area contributed by atoms with Crippen LogP contribution in [0.3, 0.4) is 0 Å². The number of carboxylic acid groups (broad SMARTS) is 1. The van der Waals surface area contributed by atoms with E-state index in [0.717, 1.165) is 8.87 Å². The molecule has 2 aromatic rings. The SMILES string of the molecule is O=C(O)C(c1ccc[se]1)c1ccc[se]1. The molecule has 4 heteroatoms. The first kappa shape index (κ1) is 10.0. The molecule has 0 aromatic carbocycles. The molecule has 0 aliphatic heterocycles. The predicted octanol–water partition coefficient (Wildman–Crippen LogP) is 1.02. The van der Waals surface area contributed by atoms with E-state index in [4.69, 9.17) is 0 Å². The van der Waals surface area contributed by atoms with Gasteiger partial charge in [0, 0.05) is 0 Å². The van der Waals surface area contributed by atoms with Gasteiger partial charge < -0.3 is 0 Å². The second-order valence-electron chi connectivity index (χ2n) is 2.80. The summed E-state index contributed by atoms with van der Waals surface area (Å²) in [6.45, 7) is 0. The second kappa shape index (κ2) is 4.33. The fraction of sp³-hybridized carbons (Fsp3) is 0.100. The molecule has 1 N–H and O–H groups in total. The van der Waals surface area contributed by atoms with E-state index >= 15 is 0 Å². The normalized spacial score (nSPS) is 10.6. The number of carbonyl (C=O) groups is 1. The Bertz CT molecular complexity index is 369. The first-order chi connectivity index (χ1) is 6.79. The molecule has 0 saturated heterocycles. The Labute approximate surface area is 93.7 Å². The van der Waals surface area contributed by atoms with Crippen molar-refractivity contribution in [1.29, 1.82) is 0 Å². The van der Waals surface area contributed by atoms with Crippen LogP contribution in [0.5, 0.6) is 0 Å². The summed E-state index contributed by atoms with van der Waals surface area (Å²) in [6.07, 6.45) is 0. The van der Waals surface area contributed by atoms with Crippen molar-refractivity contribution in [2.24, 2.45) is 0 Å². The van der Waals surface area contributed by atoms with E-state index in [2.05, 4.69) is 9.88 Å². The van der Waals surface area contributed by atoms with Crippen molar-refractivity contribution in [2.45, 2.75) is 5.92 Å². The van der Waals surface area contributed by atoms with Crippen LogP contribution in [-0.2, 0) is 4.79 Å². The fourth-order valence-corrected chi connectivity index (χ4v) is 5.18. The zero-order valence-electron chi connectivity index (χ0n) is 7.21. The number of hydrogen-bond donors (Lipinski definition) is 1. The number of rotatable bonds is 3. The molecule has 0 saturated carbocycles. The van der Waals surface area contributed by atoms with E-state index in [0.29, 0.717) is 0 Å². The molecule has 0 fully saturated rings. The average molecular weight is 318 g/mol. The third-order valence-electron chi connectivity index (χ3n) is 1.90. The van der Waals surface area contributed by atoms with E-state index in [1.165, 1.54) is 0 Å². The summed E-state index contributed by atoms with van der Waals surface area (Å²) in [5.74, 6) is -1.07. The van der Waals surface area contributed by atoms with Crippen LogP contribution in [0.15, 0.2) is 34.1 Å². The van der Waals surface area contributed by atoms with Gasteiger partial charge in [0.25, 0.3) is 0 Å². The van der Waals surface area contributed by atoms with Crippen molar-refractivity contribution in [1.82, 2.24) is 0 Å². The van der Waals surface area contributed by atoms with E-state index in [9.17, 15) is 9.90 Å². The van der Waals surface area contributed by atoms with Crippen molar-refractivity contribution < 1.29 is 9.90 Å². The van der Waals surface area contributed by atoms with E-state index in [1.54, 1.807) is 0 Å². The van der Waals surface area contributed by atoms with Crippen LogP contribution in [-0.4, -0.2) is 40.1 Å². The van der Waals surface area contributed by atoms with Crippen molar-refractivity contribution in [2.75, 3.05) is 0 Å². The summed E-state index contributed by atoms with van der Waals surface area (Å²) in [5, 5.41) is 9.18. The average Bonchev–Trinajstić information content (AvgIpc) is 2.75. The van der Waals surface area contributed by atoms with Crippen LogP contribution in [0.2, 0.25) is 0 Å². The van der Waals surface area contributed by atoms with Crippen molar-refractivity contribution >= 4 is 35.0 Å². The van der Waals surface area contributed by atoms with E-state index in [-0.39, 0.29) is 34.9 Å². The van der Waals surface area contributed by atoms with Gasteiger partial charge in [-0.15, -0.1) is 0 Å². The van der Waals surface area contributed by atoms with Crippen LogP contribution >= 0.6 is 0 Å². The number of carboxylic acids is 1. The number of aliphatic carboxylic acids is 1. The maximum atomic E-state index is 11.2. The Morgan fingerprint density at radius 1 is 1.14 bits per heavy atom. The van der Waals surface area contributed by atoms with E-state index < -0.39 is 5.97 Å². The zero-order valence-corrected chi connectivity index (χ0v) is 10.6. The molecule has 0 atom stereocenters. The Morgan fingerprint density at radius 3 is 1.93 bits per heavy atom. The van der Waals surface area contributed by atoms with E-state index in [1.807, 2.05) is 24.3 Å². The predicted molar refractivity (Wildman–Crippen MR) is 56.2 cm³/mol. The Kier molecular flexibility index (Phi) is 3.09. The van der Waals surface area contributed by atoms with Crippen LogP contribution in [0.25, 0.3) is 0 Å². The summed E-state index contributed by atoms with van der Waals surface area (Å²) >= 11 is 0.477. The summed E-state index contributed by atoms with van der Waals surface area (Å²) in [6, 6.07) is 7.82. The third kappa shape index (κ3) is 1.94. The molecule has 0 spiro atoms. The van der Waals surface area contributed by atoms with Crippen molar-refractivity contribution in [3.8, 4) is 0 Å². The molecule has 0 unspecified atom stereocenters. The molecule has 2 aromatic heterocycles.